The molecule has 2 aromatic rings. The standard InChI is InChI=1S/C14H17ClN4O/c15-11-3-5-12(6-4-11)19-14(20)2-1-7-16-10-13-17-8-9-18-13/h3-6,8-9,16H,1-2,7,10H2,(H,17,18)(H,19,20). The predicted octanol–water partition coefficient (Wildman–Crippen LogP) is 2.57. The van der Waals surface area contributed by atoms with Crippen molar-refractivity contribution >= 4 is 23.2 Å². The fraction of sp³-hybridized carbons (Fsp3) is 0.286. The Hall–Kier alpha value is -1.85. The zero-order chi connectivity index (χ0) is 14.2. The van der Waals surface area contributed by atoms with E-state index in [2.05, 4.69) is 20.6 Å². The summed E-state index contributed by atoms with van der Waals surface area (Å²) in [5, 5.41) is 6.71. The Morgan fingerprint density at radius 1 is 1.30 bits per heavy atom. The van der Waals surface area contributed by atoms with Crippen molar-refractivity contribution < 1.29 is 4.79 Å². The third kappa shape index (κ3) is 5.03. The van der Waals surface area contributed by atoms with Crippen LogP contribution in [0.3, 0.4) is 0 Å². The van der Waals surface area contributed by atoms with Gasteiger partial charge in [0, 0.05) is 29.5 Å². The number of benzene rings is 1. The zero-order valence-corrected chi connectivity index (χ0v) is 11.8. The summed E-state index contributed by atoms with van der Waals surface area (Å²) in [7, 11) is 0. The number of aromatic amines is 1. The number of nitrogens with one attached hydrogen (secondary N) is 3. The number of carbonyl (C=O) groups excluding carboxylic acids is 1. The van der Waals surface area contributed by atoms with E-state index in [0.717, 1.165) is 24.5 Å². The van der Waals surface area contributed by atoms with E-state index in [0.29, 0.717) is 18.0 Å². The van der Waals surface area contributed by atoms with Crippen molar-refractivity contribution in [3.8, 4) is 0 Å². The molecule has 3 N–H and O–H groups in total. The lowest BCUT2D eigenvalue weighted by Gasteiger charge is -2.06. The van der Waals surface area contributed by atoms with Crippen molar-refractivity contribution in [2.45, 2.75) is 19.4 Å². The molecule has 2 rings (SSSR count). The maximum atomic E-state index is 11.7. The normalized spacial score (nSPS) is 10.4. The minimum absolute atomic E-state index is 0.00659. The SMILES string of the molecule is O=C(CCCNCc1ncc[nH]1)Nc1ccc(Cl)cc1. The summed E-state index contributed by atoms with van der Waals surface area (Å²) in [6.45, 7) is 1.46. The molecular weight excluding hydrogens is 276 g/mol. The van der Waals surface area contributed by atoms with E-state index in [9.17, 15) is 4.79 Å². The molecule has 106 valence electrons. The van der Waals surface area contributed by atoms with Crippen LogP contribution in [0.4, 0.5) is 5.69 Å². The van der Waals surface area contributed by atoms with Crippen LogP contribution in [0.1, 0.15) is 18.7 Å². The van der Waals surface area contributed by atoms with E-state index < -0.39 is 0 Å². The maximum Gasteiger partial charge on any atom is 0.224 e. The number of carbonyl (C=O) groups is 1. The number of imidazole rings is 1. The quantitative estimate of drug-likeness (QED) is 0.687. The van der Waals surface area contributed by atoms with E-state index in [1.165, 1.54) is 0 Å². The van der Waals surface area contributed by atoms with Gasteiger partial charge in [0.15, 0.2) is 0 Å². The largest absolute Gasteiger partial charge is 0.348 e. The number of nitrogens with zero attached hydrogens (tertiary/aromatic N) is 1. The number of rotatable bonds is 7. The molecular formula is C14H17ClN4O. The number of aromatic nitrogens is 2. The Kier molecular flexibility index (Phi) is 5.58. The topological polar surface area (TPSA) is 69.8 Å². The first kappa shape index (κ1) is 14.6. The van der Waals surface area contributed by atoms with Gasteiger partial charge in [-0.05, 0) is 37.2 Å². The minimum Gasteiger partial charge on any atom is -0.348 e. The smallest absolute Gasteiger partial charge is 0.224 e. The second-order valence-corrected chi connectivity index (χ2v) is 4.81. The summed E-state index contributed by atoms with van der Waals surface area (Å²) >= 11 is 5.78. The molecule has 1 aromatic carbocycles. The van der Waals surface area contributed by atoms with Gasteiger partial charge in [-0.15, -0.1) is 0 Å². The molecule has 0 unspecified atom stereocenters. The summed E-state index contributed by atoms with van der Waals surface area (Å²) in [6.07, 6.45) is 4.76. The van der Waals surface area contributed by atoms with Crippen molar-refractivity contribution in [3.63, 3.8) is 0 Å². The molecule has 0 spiro atoms. The number of amides is 1. The molecule has 1 amide bonds. The minimum atomic E-state index is 0.00659. The highest BCUT2D eigenvalue weighted by Gasteiger charge is 2.02. The van der Waals surface area contributed by atoms with Gasteiger partial charge in [-0.2, -0.15) is 0 Å². The second-order valence-electron chi connectivity index (χ2n) is 4.37. The van der Waals surface area contributed by atoms with Crippen molar-refractivity contribution in [1.82, 2.24) is 15.3 Å². The van der Waals surface area contributed by atoms with Crippen LogP contribution in [0.25, 0.3) is 0 Å². The van der Waals surface area contributed by atoms with Gasteiger partial charge in [0.25, 0.3) is 0 Å². The second kappa shape index (κ2) is 7.67. The van der Waals surface area contributed by atoms with Gasteiger partial charge in [-0.3, -0.25) is 4.79 Å². The van der Waals surface area contributed by atoms with Crippen LogP contribution in [-0.2, 0) is 11.3 Å². The lowest BCUT2D eigenvalue weighted by Crippen LogP contribution is -2.18. The first-order valence-corrected chi connectivity index (χ1v) is 6.86. The van der Waals surface area contributed by atoms with Crippen molar-refractivity contribution in [3.05, 3.63) is 47.5 Å². The van der Waals surface area contributed by atoms with Crippen LogP contribution in [0, 0.1) is 0 Å². The zero-order valence-electron chi connectivity index (χ0n) is 11.0. The summed E-state index contributed by atoms with van der Waals surface area (Å²) in [5.41, 5.74) is 0.767. The van der Waals surface area contributed by atoms with Crippen LogP contribution in [0.2, 0.25) is 5.02 Å². The molecule has 0 aliphatic carbocycles. The first-order valence-electron chi connectivity index (χ1n) is 6.48. The molecule has 0 atom stereocenters. The van der Waals surface area contributed by atoms with Crippen molar-refractivity contribution in [2.75, 3.05) is 11.9 Å². The lowest BCUT2D eigenvalue weighted by molar-refractivity contribution is -0.116. The average molecular weight is 293 g/mol. The van der Waals surface area contributed by atoms with Gasteiger partial charge in [0.1, 0.15) is 5.82 Å². The van der Waals surface area contributed by atoms with Gasteiger partial charge < -0.3 is 15.6 Å². The molecule has 0 bridgehead atoms. The van der Waals surface area contributed by atoms with Crippen LogP contribution < -0.4 is 10.6 Å². The maximum absolute atomic E-state index is 11.7. The molecule has 0 fully saturated rings. The summed E-state index contributed by atoms with van der Waals surface area (Å²) in [6, 6.07) is 7.08. The Balaban J connectivity index is 1.59. The highest BCUT2D eigenvalue weighted by molar-refractivity contribution is 6.30. The van der Waals surface area contributed by atoms with Crippen LogP contribution >= 0.6 is 11.6 Å². The number of anilines is 1. The number of hydrogen-bond acceptors (Lipinski definition) is 3. The fourth-order valence-corrected chi connectivity index (χ4v) is 1.86. The summed E-state index contributed by atoms with van der Waals surface area (Å²) in [4.78, 5) is 18.8. The fourth-order valence-electron chi connectivity index (χ4n) is 1.73. The highest BCUT2D eigenvalue weighted by atomic mass is 35.5. The van der Waals surface area contributed by atoms with E-state index in [4.69, 9.17) is 11.6 Å². The predicted molar refractivity (Wildman–Crippen MR) is 79.6 cm³/mol. The third-order valence-electron chi connectivity index (χ3n) is 2.73. The Bertz CT molecular complexity index is 525. The molecule has 0 aliphatic rings. The number of halogens is 1. The Morgan fingerprint density at radius 3 is 2.80 bits per heavy atom. The molecule has 0 saturated heterocycles. The van der Waals surface area contributed by atoms with Gasteiger partial charge in [-0.1, -0.05) is 11.6 Å². The molecule has 6 heteroatoms. The Morgan fingerprint density at radius 2 is 2.10 bits per heavy atom. The number of hydrogen-bond donors (Lipinski definition) is 3. The van der Waals surface area contributed by atoms with Crippen LogP contribution in [0.15, 0.2) is 36.7 Å². The molecule has 1 aromatic heterocycles. The van der Waals surface area contributed by atoms with E-state index in [1.54, 1.807) is 36.7 Å². The monoisotopic (exact) mass is 292 g/mol. The molecule has 0 radical (unpaired) electrons. The van der Waals surface area contributed by atoms with Crippen LogP contribution in [-0.4, -0.2) is 22.4 Å². The highest BCUT2D eigenvalue weighted by Crippen LogP contribution is 2.13. The van der Waals surface area contributed by atoms with E-state index >= 15 is 0 Å². The van der Waals surface area contributed by atoms with Gasteiger partial charge in [-0.25, -0.2) is 4.98 Å². The molecule has 1 heterocycles. The van der Waals surface area contributed by atoms with Crippen molar-refractivity contribution in [2.24, 2.45) is 0 Å². The molecule has 20 heavy (non-hydrogen) atoms. The van der Waals surface area contributed by atoms with Crippen molar-refractivity contribution in [1.29, 1.82) is 0 Å². The van der Waals surface area contributed by atoms with E-state index in [-0.39, 0.29) is 5.91 Å². The average Bonchev–Trinajstić information content (AvgIpc) is 2.94. The van der Waals surface area contributed by atoms with Crippen LogP contribution in [0.5, 0.6) is 0 Å². The molecule has 0 aliphatic heterocycles. The Labute approximate surface area is 122 Å². The summed E-state index contributed by atoms with van der Waals surface area (Å²) in [5.74, 6) is 0.905. The number of H-pyrrole nitrogens is 1. The van der Waals surface area contributed by atoms with Gasteiger partial charge >= 0.3 is 0 Å². The molecule has 5 nitrogen and oxygen atoms in total. The lowest BCUT2D eigenvalue weighted by atomic mass is 10.2. The summed E-state index contributed by atoms with van der Waals surface area (Å²) < 4.78 is 0. The van der Waals surface area contributed by atoms with E-state index in [1.807, 2.05) is 0 Å². The van der Waals surface area contributed by atoms with Gasteiger partial charge in [0.2, 0.25) is 5.91 Å². The van der Waals surface area contributed by atoms with Gasteiger partial charge in [0.05, 0.1) is 6.54 Å². The third-order valence-corrected chi connectivity index (χ3v) is 2.98. The first-order chi connectivity index (χ1) is 9.74. The molecule has 0 saturated carbocycles.